The van der Waals surface area contributed by atoms with Crippen LogP contribution in [0.4, 0.5) is 29.7 Å². The quantitative estimate of drug-likeness (QED) is 0.172. The van der Waals surface area contributed by atoms with Crippen LogP contribution >= 0.6 is 11.3 Å². The number of thiazole rings is 1. The Hall–Kier alpha value is -2.42. The fraction of sp³-hybridized carbons (Fsp3) is 0.238. The number of nitro groups is 1. The predicted octanol–water partition coefficient (Wildman–Crippen LogP) is 7.98. The Morgan fingerprint density at radius 1 is 1.03 bits per heavy atom. The predicted molar refractivity (Wildman–Crippen MR) is 118 cm³/mol. The first-order valence-corrected chi connectivity index (χ1v) is 9.85. The van der Waals surface area contributed by atoms with Crippen molar-refractivity contribution >= 4 is 27.8 Å². The summed E-state index contributed by atoms with van der Waals surface area (Å²) in [5, 5.41) is 15.7. The minimum atomic E-state index is -4.42. The van der Waals surface area contributed by atoms with Gasteiger partial charge in [-0.05, 0) is 18.2 Å². The molecule has 0 aliphatic heterocycles. The monoisotopic (exact) mass is 496 g/mol. The normalized spacial score (nSPS) is 9.52. The Labute approximate surface area is 195 Å². The van der Waals surface area contributed by atoms with Crippen molar-refractivity contribution in [3.8, 4) is 11.3 Å². The van der Waals surface area contributed by atoms with Crippen molar-refractivity contribution in [2.24, 2.45) is 0 Å². The van der Waals surface area contributed by atoms with E-state index in [0.717, 1.165) is 12.1 Å². The molecule has 0 saturated carbocycles. The minimum absolute atomic E-state index is 0. The van der Waals surface area contributed by atoms with E-state index in [0.29, 0.717) is 16.4 Å². The first-order chi connectivity index (χ1) is 13.8. The second kappa shape index (κ2) is 14.6. The van der Waals surface area contributed by atoms with Crippen molar-refractivity contribution in [3.05, 3.63) is 77.0 Å². The van der Waals surface area contributed by atoms with Crippen LogP contribution in [0.2, 0.25) is 0 Å². The minimum Gasteiger partial charge on any atom is -0.358 e. The summed E-state index contributed by atoms with van der Waals surface area (Å²) in [6, 6.07) is 10.8. The van der Waals surface area contributed by atoms with E-state index in [9.17, 15) is 23.3 Å². The number of benzene rings is 2. The number of nitrogens with zero attached hydrogens (tertiary/aromatic N) is 2. The van der Waals surface area contributed by atoms with Crippen LogP contribution in [0.25, 0.3) is 11.3 Å². The molecule has 0 aliphatic rings. The van der Waals surface area contributed by atoms with Gasteiger partial charge >= 0.3 is 6.18 Å². The van der Waals surface area contributed by atoms with Crippen LogP contribution < -0.4 is 5.32 Å². The van der Waals surface area contributed by atoms with E-state index < -0.39 is 16.7 Å². The average molecular weight is 496 g/mol. The molecule has 31 heavy (non-hydrogen) atoms. The van der Waals surface area contributed by atoms with Gasteiger partial charge in [-0.15, -0.1) is 11.3 Å². The second-order valence-electron chi connectivity index (χ2n) is 5.05. The van der Waals surface area contributed by atoms with E-state index >= 15 is 0 Å². The van der Waals surface area contributed by atoms with Crippen LogP contribution in [-0.4, -0.2) is 9.91 Å². The fourth-order valence-corrected chi connectivity index (χ4v) is 2.88. The van der Waals surface area contributed by atoms with E-state index in [1.54, 1.807) is 17.5 Å². The number of hydrogen-bond donors (Lipinski definition) is 1. The molecule has 0 amide bonds. The van der Waals surface area contributed by atoms with Crippen molar-refractivity contribution in [1.29, 1.82) is 0 Å². The van der Waals surface area contributed by atoms with Gasteiger partial charge in [-0.25, -0.2) is 4.98 Å². The Balaban J connectivity index is 0. The largest absolute Gasteiger partial charge is 0.416 e. The maximum atomic E-state index is 12.7. The molecule has 3 rings (SSSR count). The molecule has 1 heterocycles. The molecular formula is C21H25F3FeN3O2S-. The van der Waals surface area contributed by atoms with Gasteiger partial charge < -0.3 is 12.7 Å². The van der Waals surface area contributed by atoms with Gasteiger partial charge in [-0.2, -0.15) is 13.2 Å². The van der Waals surface area contributed by atoms with Crippen LogP contribution in [-0.2, 0) is 23.2 Å². The van der Waals surface area contributed by atoms with Gasteiger partial charge in [0.2, 0.25) is 0 Å². The Bertz CT molecular complexity index is 934. The molecule has 0 saturated heterocycles. The summed E-state index contributed by atoms with van der Waals surface area (Å²) in [6.07, 6.45) is -4.42. The zero-order valence-electron chi connectivity index (χ0n) is 17.8. The number of nitrogens with one attached hydrogen (secondary N) is 1. The smallest absolute Gasteiger partial charge is 0.358 e. The molecule has 1 N–H and O–H groups in total. The Morgan fingerprint density at radius 2 is 1.65 bits per heavy atom. The average Bonchev–Trinajstić information content (AvgIpc) is 3.19. The van der Waals surface area contributed by atoms with Crippen LogP contribution in [0.15, 0.2) is 53.9 Å². The molecule has 10 heteroatoms. The first kappa shape index (κ1) is 30.8. The van der Waals surface area contributed by atoms with E-state index in [1.165, 1.54) is 35.6 Å². The molecule has 0 fully saturated rings. The molecule has 2 aromatic carbocycles. The molecule has 0 atom stereocenters. The van der Waals surface area contributed by atoms with Gasteiger partial charge in [0, 0.05) is 45.8 Å². The molecule has 1 aromatic heterocycles. The maximum absolute atomic E-state index is 12.7. The zero-order chi connectivity index (χ0) is 22.0. The second-order valence-corrected chi connectivity index (χ2v) is 5.91. The summed E-state index contributed by atoms with van der Waals surface area (Å²) in [5.41, 5.74) is 0.506. The van der Waals surface area contributed by atoms with Crippen LogP contribution in [0.5, 0.6) is 0 Å². The van der Waals surface area contributed by atoms with Crippen LogP contribution in [0.3, 0.4) is 0 Å². The standard InChI is InChI=1S/C16H10F3N3O2S.2C2H6.CH3.Fe/c17-16(18,19)11-4-2-5-12(8-11)20-15-21-14(9-25-15)10-3-1-6-13(7-10)22(23)24;2*1-2;;/h1-9H,(H,20,21);2*1-2H3;1H3;/q;;;-1;. The maximum Gasteiger partial charge on any atom is 0.416 e. The van der Waals surface area contributed by atoms with Crippen molar-refractivity contribution in [2.75, 3.05) is 5.32 Å². The summed E-state index contributed by atoms with van der Waals surface area (Å²) in [7, 11) is 0. The first-order valence-electron chi connectivity index (χ1n) is 8.97. The number of non-ortho nitro benzene ring substituents is 1. The zero-order valence-corrected chi connectivity index (χ0v) is 19.7. The summed E-state index contributed by atoms with van der Waals surface area (Å²) >= 11 is 1.19. The topological polar surface area (TPSA) is 68.1 Å². The van der Waals surface area contributed by atoms with E-state index in [2.05, 4.69) is 10.3 Å². The third-order valence-corrected chi connectivity index (χ3v) is 4.06. The number of aromatic nitrogens is 1. The molecule has 3 aromatic rings. The molecule has 0 unspecified atom stereocenters. The molecule has 0 radical (unpaired) electrons. The van der Waals surface area contributed by atoms with Crippen LogP contribution in [0, 0.1) is 17.5 Å². The van der Waals surface area contributed by atoms with Crippen LogP contribution in [0.1, 0.15) is 33.3 Å². The van der Waals surface area contributed by atoms with Crippen molar-refractivity contribution in [2.45, 2.75) is 33.9 Å². The number of anilines is 2. The number of halogens is 3. The molecule has 0 spiro atoms. The van der Waals surface area contributed by atoms with Gasteiger partial charge in [0.25, 0.3) is 5.69 Å². The van der Waals surface area contributed by atoms with Crippen molar-refractivity contribution in [1.82, 2.24) is 4.98 Å². The third kappa shape index (κ3) is 9.08. The molecule has 0 bridgehead atoms. The number of hydrogen-bond acceptors (Lipinski definition) is 5. The molecule has 172 valence electrons. The summed E-state index contributed by atoms with van der Waals surface area (Å²) in [4.78, 5) is 14.6. The van der Waals surface area contributed by atoms with E-state index in [-0.39, 0.29) is 35.9 Å². The Morgan fingerprint density at radius 3 is 2.23 bits per heavy atom. The van der Waals surface area contributed by atoms with Gasteiger partial charge in [0.15, 0.2) is 5.13 Å². The summed E-state index contributed by atoms with van der Waals surface area (Å²) in [6.45, 7) is 8.00. The third-order valence-electron chi connectivity index (χ3n) is 3.30. The number of nitro benzene ring substituents is 1. The molecule has 5 nitrogen and oxygen atoms in total. The van der Waals surface area contributed by atoms with Gasteiger partial charge in [0.1, 0.15) is 0 Å². The fourth-order valence-electron chi connectivity index (χ4n) is 2.14. The summed E-state index contributed by atoms with van der Waals surface area (Å²) < 4.78 is 38.2. The number of alkyl halides is 3. The van der Waals surface area contributed by atoms with Crippen molar-refractivity contribution in [3.63, 3.8) is 0 Å². The van der Waals surface area contributed by atoms with Gasteiger partial charge in [-0.3, -0.25) is 10.1 Å². The molecule has 0 aliphatic carbocycles. The van der Waals surface area contributed by atoms with Gasteiger partial charge in [-0.1, -0.05) is 45.9 Å². The van der Waals surface area contributed by atoms with Gasteiger partial charge in [0.05, 0.1) is 16.2 Å². The van der Waals surface area contributed by atoms with E-state index in [4.69, 9.17) is 0 Å². The van der Waals surface area contributed by atoms with Crippen molar-refractivity contribution < 1.29 is 35.2 Å². The molecular weight excluding hydrogens is 471 g/mol. The SMILES string of the molecule is CC.CC.O=[N+]([O-])c1cccc(-c2csc(Nc3cccc(C(F)(F)F)c3)n2)c1.[CH3-].[Fe]. The Kier molecular flexibility index (Phi) is 14.5. The number of rotatable bonds is 4. The summed E-state index contributed by atoms with van der Waals surface area (Å²) in [5.74, 6) is 0. The van der Waals surface area contributed by atoms with E-state index in [1.807, 2.05) is 27.7 Å².